The van der Waals surface area contributed by atoms with Crippen LogP contribution >= 0.6 is 11.3 Å². The van der Waals surface area contributed by atoms with Gasteiger partial charge in [0.05, 0.1) is 34.7 Å². The molecule has 0 bridgehead atoms. The van der Waals surface area contributed by atoms with Crippen LogP contribution in [0.15, 0.2) is 11.0 Å². The Bertz CT molecular complexity index is 911. The van der Waals surface area contributed by atoms with Crippen molar-refractivity contribution in [1.29, 1.82) is 0 Å². The lowest BCUT2D eigenvalue weighted by atomic mass is 9.73. The second-order valence-electron chi connectivity index (χ2n) is 10.8. The minimum atomic E-state index is -1.21. The summed E-state index contributed by atoms with van der Waals surface area (Å²) in [6, 6.07) is 0.615. The van der Waals surface area contributed by atoms with Crippen molar-refractivity contribution in [3.8, 4) is 0 Å². The van der Waals surface area contributed by atoms with Crippen LogP contribution < -0.4 is 5.32 Å². The Balaban J connectivity index is 1.81. The van der Waals surface area contributed by atoms with Gasteiger partial charge in [0, 0.05) is 29.8 Å². The summed E-state index contributed by atoms with van der Waals surface area (Å²) < 4.78 is 5.86. The number of ketones is 1. The number of carbonyl (C=O) groups excluding carboxylic acids is 2. The van der Waals surface area contributed by atoms with Crippen LogP contribution in [0, 0.1) is 24.2 Å². The van der Waals surface area contributed by atoms with Crippen LogP contribution in [0.4, 0.5) is 0 Å². The maximum Gasteiger partial charge on any atom is 0.309 e. The minimum Gasteiger partial charge on any atom is -0.458 e. The first-order valence-corrected chi connectivity index (χ1v) is 13.2. The van der Waals surface area contributed by atoms with Crippen LogP contribution in [0.25, 0.3) is 6.08 Å². The first kappa shape index (κ1) is 27.0. The van der Waals surface area contributed by atoms with Gasteiger partial charge in [0.25, 0.3) is 0 Å². The van der Waals surface area contributed by atoms with Gasteiger partial charge in [-0.3, -0.25) is 9.59 Å². The van der Waals surface area contributed by atoms with E-state index in [1.807, 2.05) is 32.2 Å². The van der Waals surface area contributed by atoms with Crippen molar-refractivity contribution in [3.63, 3.8) is 0 Å². The van der Waals surface area contributed by atoms with E-state index in [9.17, 15) is 19.8 Å². The standard InChI is InChI=1S/C26H40N2O5S/c1-14-8-7-9-19-20(28-19)11-21(15(2)10-18-13-34-17(4)27-18)33-23(30)12-22(29)26(5,6)25(32)16(3)24(14)31/h10,13-14,16,19-22,24,28-29,31H,7-9,11-12H2,1-6H3/t14-,16+,19?,20?,21?,22-,24-/m0/s1. The number of aliphatic hydroxyl groups is 2. The van der Waals surface area contributed by atoms with Crippen LogP contribution in [-0.4, -0.2) is 57.3 Å². The molecule has 2 saturated heterocycles. The highest BCUT2D eigenvalue weighted by atomic mass is 32.1. The molecule has 0 aromatic carbocycles. The molecule has 0 spiro atoms. The number of fused-ring (bicyclic) bond motifs is 1. The number of esters is 1. The largest absolute Gasteiger partial charge is 0.458 e. The number of nitrogens with zero attached hydrogens (tertiary/aromatic N) is 1. The molecule has 0 saturated carbocycles. The van der Waals surface area contributed by atoms with Gasteiger partial charge >= 0.3 is 5.97 Å². The molecule has 1 aromatic rings. The van der Waals surface area contributed by atoms with Crippen molar-refractivity contribution in [2.24, 2.45) is 17.3 Å². The topological polar surface area (TPSA) is 119 Å². The summed E-state index contributed by atoms with van der Waals surface area (Å²) in [5.41, 5.74) is 0.567. The number of hydrogen-bond donors (Lipinski definition) is 3. The molecule has 2 fully saturated rings. The second-order valence-corrected chi connectivity index (χ2v) is 11.8. The Morgan fingerprint density at radius 1 is 1.24 bits per heavy atom. The zero-order valence-corrected chi connectivity index (χ0v) is 22.0. The lowest BCUT2D eigenvalue weighted by Crippen LogP contribution is -2.45. The number of aryl methyl sites for hydroxylation is 1. The van der Waals surface area contributed by atoms with Crippen molar-refractivity contribution in [2.75, 3.05) is 0 Å². The van der Waals surface area contributed by atoms with E-state index >= 15 is 0 Å². The predicted octanol–water partition coefficient (Wildman–Crippen LogP) is 3.66. The van der Waals surface area contributed by atoms with Crippen LogP contribution in [0.5, 0.6) is 0 Å². The van der Waals surface area contributed by atoms with Crippen LogP contribution in [0.2, 0.25) is 0 Å². The molecule has 8 heteroatoms. The molecule has 2 aliphatic rings. The van der Waals surface area contributed by atoms with Gasteiger partial charge in [-0.1, -0.05) is 34.1 Å². The highest BCUT2D eigenvalue weighted by molar-refractivity contribution is 7.09. The molecule has 3 N–H and O–H groups in total. The van der Waals surface area contributed by atoms with Gasteiger partial charge in [-0.2, -0.15) is 0 Å². The Hall–Kier alpha value is -1.61. The van der Waals surface area contributed by atoms with Crippen LogP contribution in [-0.2, 0) is 14.3 Å². The highest BCUT2D eigenvalue weighted by Gasteiger charge is 2.43. The molecule has 0 aliphatic carbocycles. The normalized spacial score (nSPS) is 36.0. The van der Waals surface area contributed by atoms with Crippen molar-refractivity contribution in [2.45, 2.75) is 104 Å². The van der Waals surface area contributed by atoms with E-state index in [4.69, 9.17) is 4.74 Å². The monoisotopic (exact) mass is 492 g/mol. The smallest absolute Gasteiger partial charge is 0.309 e. The average molecular weight is 493 g/mol. The molecule has 1 aromatic heterocycles. The van der Waals surface area contributed by atoms with Gasteiger partial charge in [0.15, 0.2) is 0 Å². The van der Waals surface area contributed by atoms with Gasteiger partial charge < -0.3 is 20.3 Å². The maximum atomic E-state index is 13.2. The number of carbonyl (C=O) groups is 2. The third-order valence-corrected chi connectivity index (χ3v) is 8.37. The first-order valence-electron chi connectivity index (χ1n) is 12.4. The molecular formula is C26H40N2O5S. The van der Waals surface area contributed by atoms with Gasteiger partial charge in [0.2, 0.25) is 0 Å². The molecule has 3 rings (SSSR count). The summed E-state index contributed by atoms with van der Waals surface area (Å²) >= 11 is 1.57. The first-order chi connectivity index (χ1) is 15.9. The van der Waals surface area contributed by atoms with Crippen molar-refractivity contribution in [3.05, 3.63) is 21.7 Å². The number of rotatable bonds is 2. The van der Waals surface area contributed by atoms with Gasteiger partial charge in [-0.05, 0) is 44.3 Å². The summed E-state index contributed by atoms with van der Waals surface area (Å²) in [5, 5.41) is 28.1. The number of nitrogens with one attached hydrogen (secondary N) is 1. The van der Waals surface area contributed by atoms with E-state index in [1.54, 1.807) is 32.1 Å². The van der Waals surface area contributed by atoms with Crippen molar-refractivity contribution < 1.29 is 24.5 Å². The average Bonchev–Trinajstić information content (AvgIpc) is 3.38. The molecule has 3 heterocycles. The number of Topliss-reactive ketones (excluding diaryl/α,β-unsaturated/α-hetero) is 1. The maximum absolute atomic E-state index is 13.2. The number of ether oxygens (including phenoxy) is 1. The van der Waals surface area contributed by atoms with Gasteiger partial charge in [-0.15, -0.1) is 11.3 Å². The number of thiazole rings is 1. The Kier molecular flexibility index (Phi) is 8.71. The second kappa shape index (κ2) is 11.0. The Morgan fingerprint density at radius 3 is 2.59 bits per heavy atom. The van der Waals surface area contributed by atoms with Crippen molar-refractivity contribution >= 4 is 29.2 Å². The van der Waals surface area contributed by atoms with E-state index in [0.717, 1.165) is 35.5 Å². The molecule has 7 atom stereocenters. The SMILES string of the molecule is CC(=Cc1csc(C)n1)C1CC2NC2CCC[C@H](C)[C@H](O)[C@@H](C)C(=O)C(C)(C)[C@@H](O)CC(=O)O1. The number of aromatic nitrogens is 1. The molecular weight excluding hydrogens is 452 g/mol. The van der Waals surface area contributed by atoms with E-state index < -0.39 is 35.6 Å². The van der Waals surface area contributed by atoms with Gasteiger partial charge in [-0.25, -0.2) is 4.98 Å². The minimum absolute atomic E-state index is 0.0264. The predicted molar refractivity (Wildman–Crippen MR) is 133 cm³/mol. The van der Waals surface area contributed by atoms with E-state index in [2.05, 4.69) is 10.3 Å². The lowest BCUT2D eigenvalue weighted by Gasteiger charge is -2.34. The lowest BCUT2D eigenvalue weighted by molar-refractivity contribution is -0.154. The molecule has 34 heavy (non-hydrogen) atoms. The van der Waals surface area contributed by atoms with Crippen LogP contribution in [0.1, 0.15) is 77.4 Å². The fourth-order valence-electron chi connectivity index (χ4n) is 4.92. The number of cyclic esters (lactones) is 1. The summed E-state index contributed by atoms with van der Waals surface area (Å²) in [6.07, 6.45) is 2.64. The fourth-order valence-corrected chi connectivity index (χ4v) is 5.49. The molecule has 0 amide bonds. The Labute approximate surface area is 207 Å². The fraction of sp³-hybridized carbons (Fsp3) is 0.731. The zero-order valence-electron chi connectivity index (χ0n) is 21.2. The summed E-state index contributed by atoms with van der Waals surface area (Å²) in [4.78, 5) is 30.5. The quantitative estimate of drug-likeness (QED) is 0.426. The van der Waals surface area contributed by atoms with Crippen LogP contribution in [0.3, 0.4) is 0 Å². The highest BCUT2D eigenvalue weighted by Crippen LogP contribution is 2.33. The number of hydrogen-bond acceptors (Lipinski definition) is 8. The van der Waals surface area contributed by atoms with E-state index in [1.165, 1.54) is 0 Å². The molecule has 0 radical (unpaired) electrons. The molecule has 190 valence electrons. The van der Waals surface area contributed by atoms with Gasteiger partial charge in [0.1, 0.15) is 11.9 Å². The molecule has 7 nitrogen and oxygen atoms in total. The van der Waals surface area contributed by atoms with E-state index in [0.29, 0.717) is 12.5 Å². The van der Waals surface area contributed by atoms with Crippen molar-refractivity contribution in [1.82, 2.24) is 10.3 Å². The van der Waals surface area contributed by atoms with E-state index in [-0.39, 0.29) is 24.2 Å². The summed E-state index contributed by atoms with van der Waals surface area (Å²) in [6.45, 7) is 10.8. The number of aliphatic hydroxyl groups excluding tert-OH is 2. The third-order valence-electron chi connectivity index (χ3n) is 7.58. The summed E-state index contributed by atoms with van der Waals surface area (Å²) in [5.74, 6) is -1.43. The Morgan fingerprint density at radius 2 is 1.94 bits per heavy atom. The molecule has 2 aliphatic heterocycles. The summed E-state index contributed by atoms with van der Waals surface area (Å²) in [7, 11) is 0. The third kappa shape index (κ3) is 6.53. The molecule has 3 unspecified atom stereocenters. The zero-order chi connectivity index (χ0) is 25.2.